The van der Waals surface area contributed by atoms with Crippen LogP contribution in [-0.2, 0) is 6.42 Å². The molecule has 0 nitrogen and oxygen atoms in total. The van der Waals surface area contributed by atoms with Crippen LogP contribution in [0.4, 0.5) is 0 Å². The van der Waals surface area contributed by atoms with E-state index < -0.39 is 0 Å². The Balaban J connectivity index is 2.06. The van der Waals surface area contributed by atoms with Crippen molar-refractivity contribution in [2.75, 3.05) is 0 Å². The summed E-state index contributed by atoms with van der Waals surface area (Å²) in [6.45, 7) is 0. The predicted molar refractivity (Wildman–Crippen MR) is 61.6 cm³/mol. The number of benzene rings is 1. The molecule has 1 unspecified atom stereocenters. The molecule has 1 aliphatic rings. The molecule has 0 radical (unpaired) electrons. The van der Waals surface area contributed by atoms with Crippen molar-refractivity contribution in [1.29, 1.82) is 0 Å². The molecule has 1 atom stereocenters. The van der Waals surface area contributed by atoms with Crippen LogP contribution in [0.1, 0.15) is 24.8 Å². The van der Waals surface area contributed by atoms with Gasteiger partial charge in [0.05, 0.1) is 0 Å². The summed E-state index contributed by atoms with van der Waals surface area (Å²) in [5, 5.41) is 0.909. The van der Waals surface area contributed by atoms with Crippen molar-refractivity contribution >= 4 is 11.6 Å². The molecule has 14 heavy (non-hydrogen) atoms. The fraction of sp³-hybridized carbons (Fsp3) is 0.385. The molecule has 0 N–H and O–H groups in total. The van der Waals surface area contributed by atoms with Gasteiger partial charge >= 0.3 is 0 Å². The average Bonchev–Trinajstić information content (AvgIpc) is 2.23. The van der Waals surface area contributed by atoms with Crippen molar-refractivity contribution in [2.24, 2.45) is 5.92 Å². The third-order valence-corrected chi connectivity index (χ3v) is 3.16. The van der Waals surface area contributed by atoms with Gasteiger partial charge in [0, 0.05) is 5.02 Å². The zero-order chi connectivity index (χ0) is 9.80. The highest BCUT2D eigenvalue weighted by Gasteiger charge is 2.10. The predicted octanol–water partition coefficient (Wildman–Crippen LogP) is 4.24. The second-order valence-corrected chi connectivity index (χ2v) is 4.32. The van der Waals surface area contributed by atoms with E-state index in [0.29, 0.717) is 5.92 Å². The third-order valence-electron chi connectivity index (χ3n) is 2.79. The fourth-order valence-corrected chi connectivity index (χ4v) is 2.21. The van der Waals surface area contributed by atoms with Crippen LogP contribution in [0.25, 0.3) is 0 Å². The molecule has 1 heteroatoms. The van der Waals surface area contributed by atoms with Crippen LogP contribution in [0.5, 0.6) is 0 Å². The van der Waals surface area contributed by atoms with Gasteiger partial charge in [-0.05, 0) is 43.2 Å². The smallest absolute Gasteiger partial charge is 0.0438 e. The maximum absolute atomic E-state index is 6.12. The molecule has 0 fully saturated rings. The first-order valence-corrected chi connectivity index (χ1v) is 5.64. The van der Waals surface area contributed by atoms with Crippen LogP contribution < -0.4 is 0 Å². The van der Waals surface area contributed by atoms with Crippen molar-refractivity contribution in [3.63, 3.8) is 0 Å². The van der Waals surface area contributed by atoms with Gasteiger partial charge in [-0.15, -0.1) is 0 Å². The van der Waals surface area contributed by atoms with Gasteiger partial charge in [-0.1, -0.05) is 42.0 Å². The molecule has 0 saturated heterocycles. The standard InChI is InChI=1S/C13H15Cl/c14-13-9-5-4-8-12(13)10-11-6-2-1-3-7-11/h2,4-6,8-9,11H,1,3,7,10H2. The highest BCUT2D eigenvalue weighted by Crippen LogP contribution is 2.24. The molecule has 0 heterocycles. The van der Waals surface area contributed by atoms with Crippen molar-refractivity contribution in [2.45, 2.75) is 25.7 Å². The molecule has 74 valence electrons. The summed E-state index contributed by atoms with van der Waals surface area (Å²) in [7, 11) is 0. The van der Waals surface area contributed by atoms with Gasteiger partial charge in [0.15, 0.2) is 0 Å². The van der Waals surface area contributed by atoms with Crippen LogP contribution in [0.3, 0.4) is 0 Å². The van der Waals surface area contributed by atoms with Crippen molar-refractivity contribution < 1.29 is 0 Å². The number of hydrogen-bond donors (Lipinski definition) is 0. The molecular formula is C13H15Cl. The SMILES string of the molecule is Clc1ccccc1CC1C=CCCC1. The lowest BCUT2D eigenvalue weighted by molar-refractivity contribution is 0.539. The van der Waals surface area contributed by atoms with Gasteiger partial charge in [-0.2, -0.15) is 0 Å². The molecule has 2 rings (SSSR count). The first kappa shape index (κ1) is 9.79. The van der Waals surface area contributed by atoms with E-state index in [-0.39, 0.29) is 0 Å². The molecular weight excluding hydrogens is 192 g/mol. The molecule has 0 saturated carbocycles. The second-order valence-electron chi connectivity index (χ2n) is 3.91. The van der Waals surface area contributed by atoms with Crippen LogP contribution in [0.15, 0.2) is 36.4 Å². The first-order valence-electron chi connectivity index (χ1n) is 5.26. The minimum Gasteiger partial charge on any atom is -0.0882 e. The normalized spacial score (nSPS) is 21.1. The minimum atomic E-state index is 0.698. The molecule has 1 aromatic carbocycles. The summed E-state index contributed by atoms with van der Waals surface area (Å²) in [4.78, 5) is 0. The van der Waals surface area contributed by atoms with E-state index in [4.69, 9.17) is 11.6 Å². The monoisotopic (exact) mass is 206 g/mol. The van der Waals surface area contributed by atoms with Gasteiger partial charge in [0.2, 0.25) is 0 Å². The maximum atomic E-state index is 6.12. The van der Waals surface area contributed by atoms with E-state index in [2.05, 4.69) is 24.3 Å². The van der Waals surface area contributed by atoms with Gasteiger partial charge < -0.3 is 0 Å². The van der Waals surface area contributed by atoms with Gasteiger partial charge in [-0.3, -0.25) is 0 Å². The number of rotatable bonds is 2. The summed E-state index contributed by atoms with van der Waals surface area (Å²) < 4.78 is 0. The summed E-state index contributed by atoms with van der Waals surface area (Å²) in [6.07, 6.45) is 9.61. The zero-order valence-corrected chi connectivity index (χ0v) is 9.00. The molecule has 1 aliphatic carbocycles. The highest BCUT2D eigenvalue weighted by molar-refractivity contribution is 6.31. The van der Waals surface area contributed by atoms with Crippen molar-refractivity contribution in [1.82, 2.24) is 0 Å². The summed E-state index contributed by atoms with van der Waals surface area (Å²) in [6, 6.07) is 8.16. The topological polar surface area (TPSA) is 0 Å². The van der Waals surface area contributed by atoms with E-state index in [0.717, 1.165) is 11.4 Å². The Labute approximate surface area is 90.6 Å². The highest BCUT2D eigenvalue weighted by atomic mass is 35.5. The summed E-state index contributed by atoms with van der Waals surface area (Å²) in [5.74, 6) is 0.698. The lowest BCUT2D eigenvalue weighted by atomic mass is 9.90. The molecule has 1 aromatic rings. The Bertz CT molecular complexity index is 328. The van der Waals surface area contributed by atoms with Gasteiger partial charge in [0.25, 0.3) is 0 Å². The summed E-state index contributed by atoms with van der Waals surface area (Å²) >= 11 is 6.12. The van der Waals surface area contributed by atoms with Crippen LogP contribution in [0, 0.1) is 5.92 Å². The molecule has 0 spiro atoms. The average molecular weight is 207 g/mol. The second kappa shape index (κ2) is 4.65. The lowest BCUT2D eigenvalue weighted by Crippen LogP contribution is -2.04. The largest absolute Gasteiger partial charge is 0.0882 e. The third kappa shape index (κ3) is 2.39. The minimum absolute atomic E-state index is 0.698. The van der Waals surface area contributed by atoms with E-state index in [9.17, 15) is 0 Å². The number of halogens is 1. The lowest BCUT2D eigenvalue weighted by Gasteiger charge is -2.16. The van der Waals surface area contributed by atoms with E-state index >= 15 is 0 Å². The molecule has 0 aromatic heterocycles. The quantitative estimate of drug-likeness (QED) is 0.635. The van der Waals surface area contributed by atoms with Crippen LogP contribution in [0.2, 0.25) is 5.02 Å². The van der Waals surface area contributed by atoms with Gasteiger partial charge in [0.1, 0.15) is 0 Å². The first-order chi connectivity index (χ1) is 6.86. The van der Waals surface area contributed by atoms with E-state index in [1.54, 1.807) is 0 Å². The Kier molecular flexibility index (Phi) is 3.26. The Hall–Kier alpha value is -0.750. The Morgan fingerprint density at radius 2 is 2.14 bits per heavy atom. The van der Waals surface area contributed by atoms with Crippen molar-refractivity contribution in [3.05, 3.63) is 47.0 Å². The number of hydrogen-bond acceptors (Lipinski definition) is 0. The zero-order valence-electron chi connectivity index (χ0n) is 8.25. The van der Waals surface area contributed by atoms with E-state index in [1.807, 2.05) is 12.1 Å². The molecule has 0 amide bonds. The molecule has 0 bridgehead atoms. The molecule has 0 aliphatic heterocycles. The summed E-state index contributed by atoms with van der Waals surface area (Å²) in [5.41, 5.74) is 1.28. The van der Waals surface area contributed by atoms with Crippen LogP contribution >= 0.6 is 11.6 Å². The fourth-order valence-electron chi connectivity index (χ4n) is 2.00. The van der Waals surface area contributed by atoms with Crippen molar-refractivity contribution in [3.8, 4) is 0 Å². The Morgan fingerprint density at radius 3 is 2.86 bits per heavy atom. The Morgan fingerprint density at radius 1 is 1.29 bits per heavy atom. The van der Waals surface area contributed by atoms with Gasteiger partial charge in [-0.25, -0.2) is 0 Å². The van der Waals surface area contributed by atoms with E-state index in [1.165, 1.54) is 24.8 Å². The number of allylic oxidation sites excluding steroid dienone is 2. The maximum Gasteiger partial charge on any atom is 0.0438 e. The van der Waals surface area contributed by atoms with Crippen LogP contribution in [-0.4, -0.2) is 0 Å².